The molecule has 0 bridgehead atoms. The number of amides is 2. The number of carbonyl (C=O) groups excluding carboxylic acids is 1. The molecule has 2 N–H and O–H groups in total. The Morgan fingerprint density at radius 3 is 2.03 bits per heavy atom. The van der Waals surface area contributed by atoms with Crippen LogP contribution in [0.15, 0.2) is 97.1 Å². The Balaban J connectivity index is 1.31. The third-order valence-corrected chi connectivity index (χ3v) is 6.31. The number of anilines is 1. The molecule has 4 aromatic rings. The molecular formula is C28H20Cl3N3O2. The lowest BCUT2D eigenvalue weighted by atomic mass is 10.0. The highest BCUT2D eigenvalue weighted by molar-refractivity contribution is 6.31. The van der Waals surface area contributed by atoms with Crippen LogP contribution in [0.3, 0.4) is 0 Å². The van der Waals surface area contributed by atoms with Crippen molar-refractivity contribution in [3.63, 3.8) is 0 Å². The SMILES string of the molecule is O=C(Nc1ccc(Oc2cccc(Cl)c2)cc1)N1CC(c2ccc(Cl)cc2)=C(c2ccc(Cl)cc2)N1. The number of hydrogen-bond acceptors (Lipinski definition) is 3. The summed E-state index contributed by atoms with van der Waals surface area (Å²) in [5.41, 5.74) is 7.56. The van der Waals surface area contributed by atoms with Crippen LogP contribution in [0.25, 0.3) is 11.3 Å². The number of nitrogens with zero attached hydrogens (tertiary/aromatic N) is 1. The highest BCUT2D eigenvalue weighted by Crippen LogP contribution is 2.32. The number of halogens is 3. The van der Waals surface area contributed by atoms with E-state index in [9.17, 15) is 4.79 Å². The van der Waals surface area contributed by atoms with Gasteiger partial charge in [0.25, 0.3) is 0 Å². The Morgan fingerprint density at radius 1 is 0.750 bits per heavy atom. The second-order valence-corrected chi connectivity index (χ2v) is 9.39. The first-order valence-electron chi connectivity index (χ1n) is 11.1. The van der Waals surface area contributed by atoms with E-state index in [1.165, 1.54) is 5.01 Å². The minimum Gasteiger partial charge on any atom is -0.457 e. The van der Waals surface area contributed by atoms with Crippen molar-refractivity contribution >= 4 is 57.8 Å². The highest BCUT2D eigenvalue weighted by atomic mass is 35.5. The Labute approximate surface area is 223 Å². The molecule has 0 aliphatic carbocycles. The van der Waals surface area contributed by atoms with Crippen LogP contribution in [-0.4, -0.2) is 17.6 Å². The average molecular weight is 537 g/mol. The molecule has 36 heavy (non-hydrogen) atoms. The van der Waals surface area contributed by atoms with Crippen molar-refractivity contribution in [1.82, 2.24) is 10.4 Å². The first-order chi connectivity index (χ1) is 17.4. The van der Waals surface area contributed by atoms with Gasteiger partial charge in [0.15, 0.2) is 0 Å². The lowest BCUT2D eigenvalue weighted by Crippen LogP contribution is -2.40. The van der Waals surface area contributed by atoms with E-state index in [0.29, 0.717) is 38.8 Å². The molecule has 1 aliphatic heterocycles. The molecule has 4 aromatic carbocycles. The van der Waals surface area contributed by atoms with Crippen LogP contribution in [-0.2, 0) is 0 Å². The van der Waals surface area contributed by atoms with Gasteiger partial charge in [0, 0.05) is 26.3 Å². The Kier molecular flexibility index (Phi) is 7.05. The summed E-state index contributed by atoms with van der Waals surface area (Å²) in [6.45, 7) is 0.362. The van der Waals surface area contributed by atoms with Crippen molar-refractivity contribution < 1.29 is 9.53 Å². The van der Waals surface area contributed by atoms with Gasteiger partial charge in [-0.2, -0.15) is 0 Å². The van der Waals surface area contributed by atoms with Gasteiger partial charge in [0.2, 0.25) is 0 Å². The zero-order valence-corrected chi connectivity index (χ0v) is 21.1. The predicted octanol–water partition coefficient (Wildman–Crippen LogP) is 8.36. The van der Waals surface area contributed by atoms with Crippen LogP contribution in [0, 0.1) is 0 Å². The summed E-state index contributed by atoms with van der Waals surface area (Å²) in [6.07, 6.45) is 0. The lowest BCUT2D eigenvalue weighted by Gasteiger charge is -2.19. The molecule has 0 radical (unpaired) electrons. The maximum absolute atomic E-state index is 13.1. The van der Waals surface area contributed by atoms with Crippen LogP contribution in [0.4, 0.5) is 10.5 Å². The van der Waals surface area contributed by atoms with Crippen molar-refractivity contribution in [3.8, 4) is 11.5 Å². The molecule has 0 atom stereocenters. The molecule has 5 nitrogen and oxygen atoms in total. The van der Waals surface area contributed by atoms with Crippen molar-refractivity contribution in [3.05, 3.63) is 123 Å². The first-order valence-corrected chi connectivity index (χ1v) is 12.2. The number of benzene rings is 4. The minimum absolute atomic E-state index is 0.297. The minimum atomic E-state index is -0.297. The monoisotopic (exact) mass is 535 g/mol. The smallest absolute Gasteiger partial charge is 0.340 e. The molecule has 0 aromatic heterocycles. The van der Waals surface area contributed by atoms with Crippen molar-refractivity contribution in [2.24, 2.45) is 0 Å². The normalized spacial score (nSPS) is 12.9. The van der Waals surface area contributed by atoms with E-state index in [1.54, 1.807) is 36.4 Å². The topological polar surface area (TPSA) is 53.6 Å². The third kappa shape index (κ3) is 5.60. The zero-order valence-electron chi connectivity index (χ0n) is 18.8. The zero-order chi connectivity index (χ0) is 25.1. The van der Waals surface area contributed by atoms with E-state index in [2.05, 4.69) is 10.7 Å². The number of ether oxygens (including phenoxy) is 1. The van der Waals surface area contributed by atoms with Gasteiger partial charge in [-0.3, -0.25) is 5.43 Å². The quantitative estimate of drug-likeness (QED) is 0.269. The maximum Gasteiger partial charge on any atom is 0.340 e. The average Bonchev–Trinajstić information content (AvgIpc) is 3.32. The van der Waals surface area contributed by atoms with Crippen LogP contribution in [0.1, 0.15) is 11.1 Å². The van der Waals surface area contributed by atoms with E-state index >= 15 is 0 Å². The fourth-order valence-corrected chi connectivity index (χ4v) is 4.24. The number of nitrogens with one attached hydrogen (secondary N) is 2. The fraction of sp³-hybridized carbons (Fsp3) is 0.0357. The number of rotatable bonds is 5. The second-order valence-electron chi connectivity index (χ2n) is 8.08. The van der Waals surface area contributed by atoms with Gasteiger partial charge >= 0.3 is 6.03 Å². The summed E-state index contributed by atoms with van der Waals surface area (Å²) >= 11 is 18.2. The molecule has 0 spiro atoms. The van der Waals surface area contributed by atoms with Gasteiger partial charge in [-0.15, -0.1) is 0 Å². The summed E-state index contributed by atoms with van der Waals surface area (Å²) in [7, 11) is 0. The number of carbonyl (C=O) groups is 1. The van der Waals surface area contributed by atoms with E-state index in [4.69, 9.17) is 39.5 Å². The molecule has 0 saturated heterocycles. The Bertz CT molecular complexity index is 1360. The number of hydrogen-bond donors (Lipinski definition) is 2. The molecule has 180 valence electrons. The molecule has 0 unspecified atom stereocenters. The molecular weight excluding hydrogens is 517 g/mol. The molecule has 2 amide bonds. The van der Waals surface area contributed by atoms with E-state index in [0.717, 1.165) is 22.4 Å². The van der Waals surface area contributed by atoms with Gasteiger partial charge in [-0.25, -0.2) is 9.80 Å². The summed E-state index contributed by atoms with van der Waals surface area (Å²) in [6, 6.07) is 29.0. The van der Waals surface area contributed by atoms with E-state index < -0.39 is 0 Å². The fourth-order valence-electron chi connectivity index (χ4n) is 3.81. The molecule has 0 saturated carbocycles. The van der Waals surface area contributed by atoms with E-state index in [-0.39, 0.29) is 6.03 Å². The molecule has 1 heterocycles. The summed E-state index contributed by atoms with van der Waals surface area (Å²) in [5, 5.41) is 6.34. The van der Waals surface area contributed by atoms with Gasteiger partial charge in [-0.05, 0) is 77.9 Å². The van der Waals surface area contributed by atoms with Gasteiger partial charge < -0.3 is 10.1 Å². The lowest BCUT2D eigenvalue weighted by molar-refractivity contribution is 0.210. The summed E-state index contributed by atoms with van der Waals surface area (Å²) in [5.74, 6) is 1.27. The molecule has 5 rings (SSSR count). The van der Waals surface area contributed by atoms with Crippen LogP contribution >= 0.6 is 34.8 Å². The van der Waals surface area contributed by atoms with Gasteiger partial charge in [0.1, 0.15) is 11.5 Å². The maximum atomic E-state index is 13.1. The largest absolute Gasteiger partial charge is 0.457 e. The molecule has 8 heteroatoms. The first kappa shape index (κ1) is 24.1. The standard InChI is InChI=1S/C28H20Cl3N3O2/c29-20-8-4-18(5-9-20)26-17-34(33-27(26)19-6-10-21(30)11-7-19)28(35)32-23-12-14-24(15-13-23)36-25-3-1-2-22(31)16-25/h1-16,33H,17H2,(H,32,35). The summed E-state index contributed by atoms with van der Waals surface area (Å²) in [4.78, 5) is 13.1. The predicted molar refractivity (Wildman–Crippen MR) is 147 cm³/mol. The molecule has 0 fully saturated rings. The number of urea groups is 1. The Hall–Kier alpha value is -3.64. The van der Waals surface area contributed by atoms with Crippen molar-refractivity contribution in [2.75, 3.05) is 11.9 Å². The Morgan fingerprint density at radius 2 is 1.39 bits per heavy atom. The molecule has 1 aliphatic rings. The van der Waals surface area contributed by atoms with Crippen molar-refractivity contribution in [2.45, 2.75) is 0 Å². The third-order valence-electron chi connectivity index (χ3n) is 5.57. The summed E-state index contributed by atoms with van der Waals surface area (Å²) < 4.78 is 5.82. The second kappa shape index (κ2) is 10.5. The number of hydrazine groups is 1. The van der Waals surface area contributed by atoms with Crippen LogP contribution in [0.5, 0.6) is 11.5 Å². The highest BCUT2D eigenvalue weighted by Gasteiger charge is 2.27. The van der Waals surface area contributed by atoms with E-state index in [1.807, 2.05) is 60.7 Å². The van der Waals surface area contributed by atoms with Gasteiger partial charge in [0.05, 0.1) is 12.2 Å². The van der Waals surface area contributed by atoms with Crippen LogP contribution < -0.4 is 15.5 Å². The van der Waals surface area contributed by atoms with Crippen molar-refractivity contribution in [1.29, 1.82) is 0 Å². The van der Waals surface area contributed by atoms with Crippen LogP contribution in [0.2, 0.25) is 15.1 Å². The van der Waals surface area contributed by atoms with Gasteiger partial charge in [-0.1, -0.05) is 65.1 Å².